The minimum absolute atomic E-state index is 0.108. The lowest BCUT2D eigenvalue weighted by Crippen LogP contribution is -2.34. The molecule has 0 aliphatic heterocycles. The lowest BCUT2D eigenvalue weighted by atomic mass is 10.1. The van der Waals surface area contributed by atoms with E-state index in [0.29, 0.717) is 6.54 Å². The molecule has 1 rings (SSSR count). The van der Waals surface area contributed by atoms with Gasteiger partial charge in [0, 0.05) is 19.7 Å². The maximum Gasteiger partial charge on any atom is 0.317 e. The van der Waals surface area contributed by atoms with E-state index < -0.39 is 0 Å². The van der Waals surface area contributed by atoms with Gasteiger partial charge in [-0.05, 0) is 13.0 Å². The molecule has 0 spiro atoms. The molecule has 88 valence electrons. The number of hydrogen-bond acceptors (Lipinski definition) is 2. The Morgan fingerprint density at radius 3 is 2.75 bits per heavy atom. The first-order valence-electron chi connectivity index (χ1n) is 5.15. The van der Waals surface area contributed by atoms with Gasteiger partial charge in [0.25, 0.3) is 0 Å². The van der Waals surface area contributed by atoms with Gasteiger partial charge in [0.2, 0.25) is 0 Å². The molecule has 2 amide bonds. The summed E-state index contributed by atoms with van der Waals surface area (Å²) in [6.07, 6.45) is 0. The average Bonchev–Trinajstić information content (AvgIpc) is 2.28. The summed E-state index contributed by atoms with van der Waals surface area (Å²) in [6, 6.07) is 5.83. The fourth-order valence-corrected chi connectivity index (χ4v) is 1.55. The fourth-order valence-electron chi connectivity index (χ4n) is 1.55. The van der Waals surface area contributed by atoms with Gasteiger partial charge in [-0.2, -0.15) is 0 Å². The first-order chi connectivity index (χ1) is 7.58. The second-order valence-electron chi connectivity index (χ2n) is 3.73. The molecule has 1 aromatic carbocycles. The van der Waals surface area contributed by atoms with Crippen molar-refractivity contribution in [1.82, 2.24) is 10.2 Å². The van der Waals surface area contributed by atoms with Crippen molar-refractivity contribution in [2.75, 3.05) is 21.2 Å². The maximum atomic E-state index is 11.4. The van der Waals surface area contributed by atoms with E-state index >= 15 is 0 Å². The van der Waals surface area contributed by atoms with E-state index in [1.54, 1.807) is 26.1 Å². The predicted octanol–water partition coefficient (Wildman–Crippen LogP) is 1.77. The Hall–Kier alpha value is -1.71. The first-order valence-corrected chi connectivity index (χ1v) is 5.15. The van der Waals surface area contributed by atoms with Crippen molar-refractivity contribution in [1.29, 1.82) is 0 Å². The van der Waals surface area contributed by atoms with Crippen LogP contribution in [0.4, 0.5) is 4.79 Å². The van der Waals surface area contributed by atoms with Gasteiger partial charge >= 0.3 is 6.03 Å². The fraction of sp³-hybridized carbons (Fsp3) is 0.417. The Bertz CT molecular complexity index is 377. The molecule has 0 radical (unpaired) electrons. The topological polar surface area (TPSA) is 41.6 Å². The molecule has 0 heterocycles. The highest BCUT2D eigenvalue weighted by molar-refractivity contribution is 5.73. The van der Waals surface area contributed by atoms with Gasteiger partial charge in [-0.15, -0.1) is 0 Å². The Morgan fingerprint density at radius 1 is 1.50 bits per heavy atom. The van der Waals surface area contributed by atoms with E-state index in [2.05, 4.69) is 5.32 Å². The molecule has 1 N–H and O–H groups in total. The zero-order valence-electron chi connectivity index (χ0n) is 10.2. The molecule has 16 heavy (non-hydrogen) atoms. The van der Waals surface area contributed by atoms with Crippen LogP contribution in [0.5, 0.6) is 5.75 Å². The minimum Gasteiger partial charge on any atom is -0.496 e. The van der Waals surface area contributed by atoms with Crippen LogP contribution in [0.15, 0.2) is 18.2 Å². The smallest absolute Gasteiger partial charge is 0.317 e. The highest BCUT2D eigenvalue weighted by Gasteiger charge is 2.10. The van der Waals surface area contributed by atoms with Gasteiger partial charge in [0.05, 0.1) is 13.7 Å². The third-order valence-corrected chi connectivity index (χ3v) is 2.40. The van der Waals surface area contributed by atoms with Crippen molar-refractivity contribution in [3.8, 4) is 5.75 Å². The number of methoxy groups -OCH3 is 1. The third kappa shape index (κ3) is 2.89. The summed E-state index contributed by atoms with van der Waals surface area (Å²) >= 11 is 0. The molecule has 0 fully saturated rings. The van der Waals surface area contributed by atoms with Gasteiger partial charge < -0.3 is 15.0 Å². The number of carbonyl (C=O) groups excluding carboxylic acids is 1. The van der Waals surface area contributed by atoms with Crippen molar-refractivity contribution in [3.05, 3.63) is 29.3 Å². The normalized spacial score (nSPS) is 9.75. The van der Waals surface area contributed by atoms with Crippen LogP contribution in [-0.4, -0.2) is 32.1 Å². The van der Waals surface area contributed by atoms with Crippen molar-refractivity contribution in [2.45, 2.75) is 13.5 Å². The molecule has 0 atom stereocenters. The number of ether oxygens (including phenoxy) is 1. The number of nitrogens with zero attached hydrogens (tertiary/aromatic N) is 1. The van der Waals surface area contributed by atoms with Gasteiger partial charge in [0.15, 0.2) is 0 Å². The number of carbonyl (C=O) groups is 1. The zero-order chi connectivity index (χ0) is 12.1. The lowest BCUT2D eigenvalue weighted by molar-refractivity contribution is 0.208. The second kappa shape index (κ2) is 5.39. The van der Waals surface area contributed by atoms with Gasteiger partial charge in [-0.1, -0.05) is 17.7 Å². The van der Waals surface area contributed by atoms with E-state index in [0.717, 1.165) is 16.9 Å². The lowest BCUT2D eigenvalue weighted by Gasteiger charge is -2.18. The van der Waals surface area contributed by atoms with E-state index in [1.165, 1.54) is 0 Å². The minimum atomic E-state index is -0.108. The summed E-state index contributed by atoms with van der Waals surface area (Å²) in [7, 11) is 5.00. The maximum absolute atomic E-state index is 11.4. The van der Waals surface area contributed by atoms with Gasteiger partial charge in [-0.25, -0.2) is 4.79 Å². The van der Waals surface area contributed by atoms with Crippen molar-refractivity contribution < 1.29 is 9.53 Å². The number of aryl methyl sites for hydroxylation is 1. The largest absolute Gasteiger partial charge is 0.496 e. The number of nitrogens with one attached hydrogen (secondary N) is 1. The van der Waals surface area contributed by atoms with Crippen LogP contribution in [-0.2, 0) is 6.54 Å². The third-order valence-electron chi connectivity index (χ3n) is 2.40. The van der Waals surface area contributed by atoms with Crippen molar-refractivity contribution in [2.24, 2.45) is 0 Å². The molecule has 0 bridgehead atoms. The molecule has 0 aromatic heterocycles. The Labute approximate surface area is 96.2 Å². The van der Waals surface area contributed by atoms with Gasteiger partial charge in [-0.3, -0.25) is 0 Å². The average molecular weight is 222 g/mol. The molecule has 0 saturated heterocycles. The number of amides is 2. The van der Waals surface area contributed by atoms with Crippen molar-refractivity contribution >= 4 is 6.03 Å². The number of rotatable bonds is 3. The standard InChI is InChI=1S/C12H18N2O2/c1-9-5-6-11(16-4)10(7-9)8-14(3)12(15)13-2/h5-7H,8H2,1-4H3,(H,13,15). The predicted molar refractivity (Wildman–Crippen MR) is 63.7 cm³/mol. The van der Waals surface area contributed by atoms with Crippen LogP contribution in [0.25, 0.3) is 0 Å². The molecule has 4 nitrogen and oxygen atoms in total. The van der Waals surface area contributed by atoms with E-state index in [9.17, 15) is 4.79 Å². The Kier molecular flexibility index (Phi) is 4.17. The summed E-state index contributed by atoms with van der Waals surface area (Å²) in [6.45, 7) is 2.55. The van der Waals surface area contributed by atoms with Crippen LogP contribution >= 0.6 is 0 Å². The Balaban J connectivity index is 2.86. The molecule has 0 saturated carbocycles. The van der Waals surface area contributed by atoms with E-state index in [1.807, 2.05) is 25.1 Å². The number of urea groups is 1. The summed E-state index contributed by atoms with van der Waals surface area (Å²) in [5.41, 5.74) is 2.16. The summed E-state index contributed by atoms with van der Waals surface area (Å²) in [5.74, 6) is 0.807. The van der Waals surface area contributed by atoms with E-state index in [-0.39, 0.29) is 6.03 Å². The van der Waals surface area contributed by atoms with Crippen molar-refractivity contribution in [3.63, 3.8) is 0 Å². The second-order valence-corrected chi connectivity index (χ2v) is 3.73. The highest BCUT2D eigenvalue weighted by atomic mass is 16.5. The van der Waals surface area contributed by atoms with E-state index in [4.69, 9.17) is 4.74 Å². The zero-order valence-corrected chi connectivity index (χ0v) is 10.2. The molecule has 1 aromatic rings. The molecule has 0 aliphatic carbocycles. The van der Waals surface area contributed by atoms with Crippen LogP contribution in [0.3, 0.4) is 0 Å². The highest BCUT2D eigenvalue weighted by Crippen LogP contribution is 2.20. The van der Waals surface area contributed by atoms with Crippen LogP contribution in [0.2, 0.25) is 0 Å². The molecule has 0 aliphatic rings. The summed E-state index contributed by atoms with van der Waals surface area (Å²) in [4.78, 5) is 13.0. The summed E-state index contributed by atoms with van der Waals surface area (Å²) < 4.78 is 5.26. The van der Waals surface area contributed by atoms with Crippen LogP contribution in [0.1, 0.15) is 11.1 Å². The van der Waals surface area contributed by atoms with Crippen LogP contribution < -0.4 is 10.1 Å². The number of hydrogen-bond donors (Lipinski definition) is 1. The first kappa shape index (κ1) is 12.4. The SMILES string of the molecule is CNC(=O)N(C)Cc1cc(C)ccc1OC. The monoisotopic (exact) mass is 222 g/mol. The summed E-state index contributed by atoms with van der Waals surface area (Å²) in [5, 5.41) is 2.58. The molecular weight excluding hydrogens is 204 g/mol. The molecule has 4 heteroatoms. The quantitative estimate of drug-likeness (QED) is 0.847. The van der Waals surface area contributed by atoms with Gasteiger partial charge in [0.1, 0.15) is 5.75 Å². The Morgan fingerprint density at radius 2 is 2.19 bits per heavy atom. The molecular formula is C12H18N2O2. The number of benzene rings is 1. The van der Waals surface area contributed by atoms with Crippen LogP contribution in [0, 0.1) is 6.92 Å². The molecule has 0 unspecified atom stereocenters.